The quantitative estimate of drug-likeness (QED) is 0.755. The van der Waals surface area contributed by atoms with Crippen LogP contribution in [0.1, 0.15) is 23.2 Å². The van der Waals surface area contributed by atoms with Crippen molar-refractivity contribution in [3.8, 4) is 0 Å². The first kappa shape index (κ1) is 22.8. The predicted octanol–water partition coefficient (Wildman–Crippen LogP) is 2.14. The molecule has 3 amide bonds. The first-order valence-corrected chi connectivity index (χ1v) is 11.4. The van der Waals surface area contributed by atoms with Gasteiger partial charge in [0.05, 0.1) is 12.2 Å². The number of hydrogen-bond donors (Lipinski definition) is 1. The maximum atomic E-state index is 14.0. The van der Waals surface area contributed by atoms with Crippen LogP contribution in [0.5, 0.6) is 0 Å². The smallest absolute Gasteiger partial charge is 0.251 e. The number of rotatable bonds is 5. The molecule has 2 aliphatic rings. The standard InChI is InChI=1S/C25H29FN4O3/c26-21-8-4-5-9-22(21)28-14-16-30(17-15-28)25(33)20-10-12-29(13-11-20)23(31)18-27-24(32)19-6-2-1-3-7-19/h1-9,20H,10-18H2,(H,27,32). The summed E-state index contributed by atoms with van der Waals surface area (Å²) in [4.78, 5) is 43.1. The van der Waals surface area contributed by atoms with Gasteiger partial charge in [-0.2, -0.15) is 0 Å². The molecular formula is C25H29FN4O3. The Balaban J connectivity index is 1.20. The Labute approximate surface area is 193 Å². The number of nitrogens with zero attached hydrogens (tertiary/aromatic N) is 3. The Bertz CT molecular complexity index is 984. The van der Waals surface area contributed by atoms with Gasteiger partial charge in [0.15, 0.2) is 0 Å². The molecule has 2 aromatic rings. The second-order valence-corrected chi connectivity index (χ2v) is 8.47. The van der Waals surface area contributed by atoms with Gasteiger partial charge in [0.2, 0.25) is 11.8 Å². The summed E-state index contributed by atoms with van der Waals surface area (Å²) in [6, 6.07) is 15.5. The molecule has 2 aliphatic heterocycles. The van der Waals surface area contributed by atoms with Crippen molar-refractivity contribution >= 4 is 23.4 Å². The van der Waals surface area contributed by atoms with Crippen LogP contribution in [0.15, 0.2) is 54.6 Å². The molecule has 0 aliphatic carbocycles. The second kappa shape index (κ2) is 10.5. The van der Waals surface area contributed by atoms with E-state index in [1.54, 1.807) is 41.3 Å². The van der Waals surface area contributed by atoms with E-state index in [4.69, 9.17) is 0 Å². The van der Waals surface area contributed by atoms with Crippen LogP contribution in [-0.2, 0) is 9.59 Å². The van der Waals surface area contributed by atoms with Gasteiger partial charge in [0, 0.05) is 50.7 Å². The van der Waals surface area contributed by atoms with Crippen LogP contribution in [-0.4, -0.2) is 73.3 Å². The molecular weight excluding hydrogens is 423 g/mol. The summed E-state index contributed by atoms with van der Waals surface area (Å²) in [5, 5.41) is 2.67. The Kier molecular flexibility index (Phi) is 7.22. The van der Waals surface area contributed by atoms with Gasteiger partial charge >= 0.3 is 0 Å². The molecule has 2 heterocycles. The lowest BCUT2D eigenvalue weighted by Crippen LogP contribution is -2.52. The number of halogens is 1. The Hall–Kier alpha value is -3.42. The maximum absolute atomic E-state index is 14.0. The minimum atomic E-state index is -0.274. The first-order chi connectivity index (χ1) is 16.0. The molecule has 33 heavy (non-hydrogen) atoms. The number of likely N-dealkylation sites (tertiary alicyclic amines) is 1. The minimum absolute atomic E-state index is 0.0512. The lowest BCUT2D eigenvalue weighted by Gasteiger charge is -2.39. The molecule has 0 spiro atoms. The molecule has 0 saturated carbocycles. The average molecular weight is 453 g/mol. The third-order valence-electron chi connectivity index (χ3n) is 6.42. The Morgan fingerprint density at radius 3 is 2.12 bits per heavy atom. The van der Waals surface area contributed by atoms with Crippen molar-refractivity contribution < 1.29 is 18.8 Å². The molecule has 0 aromatic heterocycles. The van der Waals surface area contributed by atoms with Gasteiger partial charge < -0.3 is 20.0 Å². The van der Waals surface area contributed by atoms with Crippen LogP contribution in [0, 0.1) is 11.7 Å². The van der Waals surface area contributed by atoms with Crippen LogP contribution in [0.25, 0.3) is 0 Å². The van der Waals surface area contributed by atoms with Crippen molar-refractivity contribution in [2.24, 2.45) is 5.92 Å². The van der Waals surface area contributed by atoms with Gasteiger partial charge in [0.25, 0.3) is 5.91 Å². The fraction of sp³-hybridized carbons (Fsp3) is 0.400. The van der Waals surface area contributed by atoms with E-state index in [0.717, 1.165) is 0 Å². The number of carbonyl (C=O) groups is 3. The zero-order chi connectivity index (χ0) is 23.2. The zero-order valence-corrected chi connectivity index (χ0v) is 18.6. The fourth-order valence-corrected chi connectivity index (χ4v) is 4.47. The van der Waals surface area contributed by atoms with Crippen molar-refractivity contribution in [3.05, 3.63) is 66.0 Å². The Morgan fingerprint density at radius 1 is 0.818 bits per heavy atom. The van der Waals surface area contributed by atoms with Crippen LogP contribution < -0.4 is 10.2 Å². The minimum Gasteiger partial charge on any atom is -0.366 e. The first-order valence-electron chi connectivity index (χ1n) is 11.4. The number of para-hydroxylation sites is 1. The SMILES string of the molecule is O=C(NCC(=O)N1CCC(C(=O)N2CCN(c3ccccc3F)CC2)CC1)c1ccccc1. The van der Waals surface area contributed by atoms with Crippen molar-refractivity contribution in [3.63, 3.8) is 0 Å². The van der Waals surface area contributed by atoms with E-state index in [1.165, 1.54) is 6.07 Å². The molecule has 8 heteroatoms. The average Bonchev–Trinajstić information content (AvgIpc) is 2.87. The third kappa shape index (κ3) is 5.50. The van der Waals surface area contributed by atoms with Gasteiger partial charge in [-0.15, -0.1) is 0 Å². The molecule has 7 nitrogen and oxygen atoms in total. The molecule has 2 fully saturated rings. The summed E-state index contributed by atoms with van der Waals surface area (Å²) in [6.07, 6.45) is 1.23. The summed E-state index contributed by atoms with van der Waals surface area (Å²) in [5.41, 5.74) is 1.10. The highest BCUT2D eigenvalue weighted by Gasteiger charge is 2.32. The lowest BCUT2D eigenvalue weighted by molar-refractivity contribution is -0.140. The van der Waals surface area contributed by atoms with E-state index in [-0.39, 0.29) is 36.0 Å². The van der Waals surface area contributed by atoms with E-state index in [2.05, 4.69) is 5.32 Å². The van der Waals surface area contributed by atoms with E-state index in [9.17, 15) is 18.8 Å². The second-order valence-electron chi connectivity index (χ2n) is 8.47. The largest absolute Gasteiger partial charge is 0.366 e. The highest BCUT2D eigenvalue weighted by atomic mass is 19.1. The van der Waals surface area contributed by atoms with Gasteiger partial charge in [-0.05, 0) is 37.1 Å². The number of carbonyl (C=O) groups excluding carboxylic acids is 3. The van der Waals surface area contributed by atoms with Crippen LogP contribution in [0.4, 0.5) is 10.1 Å². The van der Waals surface area contributed by atoms with E-state index < -0.39 is 0 Å². The van der Waals surface area contributed by atoms with E-state index in [1.807, 2.05) is 21.9 Å². The predicted molar refractivity (Wildman–Crippen MR) is 123 cm³/mol. The van der Waals surface area contributed by atoms with Gasteiger partial charge in [-0.3, -0.25) is 14.4 Å². The van der Waals surface area contributed by atoms with E-state index in [0.29, 0.717) is 63.4 Å². The molecule has 0 unspecified atom stereocenters. The van der Waals surface area contributed by atoms with Crippen molar-refractivity contribution in [1.29, 1.82) is 0 Å². The van der Waals surface area contributed by atoms with Gasteiger partial charge in [0.1, 0.15) is 5.82 Å². The van der Waals surface area contributed by atoms with Crippen molar-refractivity contribution in [2.75, 3.05) is 50.7 Å². The topological polar surface area (TPSA) is 73.0 Å². The normalized spacial score (nSPS) is 17.1. The molecule has 0 atom stereocenters. The Morgan fingerprint density at radius 2 is 1.45 bits per heavy atom. The molecule has 174 valence electrons. The maximum Gasteiger partial charge on any atom is 0.251 e. The summed E-state index contributed by atoms with van der Waals surface area (Å²) in [6.45, 7) is 3.30. The zero-order valence-electron chi connectivity index (χ0n) is 18.6. The molecule has 1 N–H and O–H groups in total. The molecule has 2 aromatic carbocycles. The number of nitrogens with one attached hydrogen (secondary N) is 1. The third-order valence-corrected chi connectivity index (χ3v) is 6.42. The highest BCUT2D eigenvalue weighted by molar-refractivity contribution is 5.96. The molecule has 0 bridgehead atoms. The van der Waals surface area contributed by atoms with Gasteiger partial charge in [-0.1, -0.05) is 30.3 Å². The van der Waals surface area contributed by atoms with Gasteiger partial charge in [-0.25, -0.2) is 4.39 Å². The molecule has 2 saturated heterocycles. The summed E-state index contributed by atoms with van der Waals surface area (Å²) < 4.78 is 14.0. The highest BCUT2D eigenvalue weighted by Crippen LogP contribution is 2.23. The lowest BCUT2D eigenvalue weighted by atomic mass is 9.95. The number of hydrogen-bond acceptors (Lipinski definition) is 4. The summed E-state index contributed by atoms with van der Waals surface area (Å²) in [7, 11) is 0. The van der Waals surface area contributed by atoms with Crippen molar-refractivity contribution in [2.45, 2.75) is 12.8 Å². The van der Waals surface area contributed by atoms with Crippen LogP contribution in [0.2, 0.25) is 0 Å². The summed E-state index contributed by atoms with van der Waals surface area (Å²) in [5.74, 6) is -0.637. The monoisotopic (exact) mass is 452 g/mol. The van der Waals surface area contributed by atoms with E-state index >= 15 is 0 Å². The van der Waals surface area contributed by atoms with Crippen LogP contribution >= 0.6 is 0 Å². The molecule has 0 radical (unpaired) electrons. The fourth-order valence-electron chi connectivity index (χ4n) is 4.47. The number of anilines is 1. The number of piperidine rings is 1. The summed E-state index contributed by atoms with van der Waals surface area (Å²) >= 11 is 0. The number of amides is 3. The molecule has 4 rings (SSSR count). The number of piperazine rings is 1. The van der Waals surface area contributed by atoms with Crippen LogP contribution in [0.3, 0.4) is 0 Å². The van der Waals surface area contributed by atoms with Crippen molar-refractivity contribution in [1.82, 2.24) is 15.1 Å². The number of benzene rings is 2.